The minimum Gasteiger partial charge on any atom is -0.326 e. The van der Waals surface area contributed by atoms with Gasteiger partial charge in [-0.3, -0.25) is 25.2 Å². The molecule has 1 heterocycles. The molecule has 0 saturated heterocycles. The summed E-state index contributed by atoms with van der Waals surface area (Å²) < 4.78 is 26.9. The summed E-state index contributed by atoms with van der Waals surface area (Å²) in [6.45, 7) is 2.68. The molecule has 2 aromatic rings. The molecule has 0 bridgehead atoms. The molecule has 0 aliphatic rings. The van der Waals surface area contributed by atoms with Crippen molar-refractivity contribution in [2.24, 2.45) is 0 Å². The Morgan fingerprint density at radius 1 is 1.04 bits per heavy atom. The zero-order chi connectivity index (χ0) is 20.0. The fraction of sp³-hybridized carbons (Fsp3) is 0.188. The van der Waals surface area contributed by atoms with E-state index in [1.807, 2.05) is 0 Å². The Labute approximate surface area is 160 Å². The van der Waals surface area contributed by atoms with Crippen LogP contribution in [0.4, 0.5) is 5.69 Å². The lowest BCUT2D eigenvalue weighted by molar-refractivity contribution is -0.123. The molecule has 4 N–H and O–H groups in total. The van der Waals surface area contributed by atoms with Gasteiger partial charge in [-0.1, -0.05) is 6.07 Å². The first-order valence-corrected chi connectivity index (χ1v) is 10.1. The van der Waals surface area contributed by atoms with Crippen LogP contribution in [0.5, 0.6) is 0 Å². The Kier molecular flexibility index (Phi) is 6.66. The number of amides is 3. The first-order valence-electron chi connectivity index (χ1n) is 7.73. The maximum atomic E-state index is 12.3. The van der Waals surface area contributed by atoms with Crippen LogP contribution in [-0.2, 0) is 19.6 Å². The van der Waals surface area contributed by atoms with Gasteiger partial charge in [-0.2, -0.15) is 4.72 Å². The fourth-order valence-electron chi connectivity index (χ4n) is 1.97. The Hall–Kier alpha value is -2.76. The predicted molar refractivity (Wildman–Crippen MR) is 100 cm³/mol. The second kappa shape index (κ2) is 8.75. The fourth-order valence-corrected chi connectivity index (χ4v) is 3.79. The zero-order valence-corrected chi connectivity index (χ0v) is 16.1. The van der Waals surface area contributed by atoms with Gasteiger partial charge < -0.3 is 5.32 Å². The third-order valence-corrected chi connectivity index (χ3v) is 5.68. The molecular weight excluding hydrogens is 392 g/mol. The Bertz CT molecular complexity index is 924. The van der Waals surface area contributed by atoms with E-state index in [0.29, 0.717) is 10.6 Å². The summed E-state index contributed by atoms with van der Waals surface area (Å²) in [6, 6.07) is 7.61. The number of carbonyl (C=O) groups is 3. The van der Waals surface area contributed by atoms with Crippen molar-refractivity contribution < 1.29 is 22.8 Å². The predicted octanol–water partition coefficient (Wildman–Crippen LogP) is 0.834. The van der Waals surface area contributed by atoms with Gasteiger partial charge in [-0.25, -0.2) is 8.42 Å². The molecule has 11 heteroatoms. The molecule has 2 rings (SSSR count). The van der Waals surface area contributed by atoms with Crippen LogP contribution in [0.25, 0.3) is 0 Å². The standard InChI is InChI=1S/C16H18N4O5S2/c1-10(15(22)18-19-16(23)14-4-3-9-26-14)20-27(24,25)13-7-5-12(6-8-13)17-11(2)21/h3-10,20H,1-2H3,(H,17,21)(H,18,22)(H,19,23)/t10-/m1/s1. The number of rotatable bonds is 6. The van der Waals surface area contributed by atoms with Crippen LogP contribution in [0.1, 0.15) is 23.5 Å². The lowest BCUT2D eigenvalue weighted by atomic mass is 10.3. The van der Waals surface area contributed by atoms with E-state index in [2.05, 4.69) is 20.9 Å². The Morgan fingerprint density at radius 3 is 2.26 bits per heavy atom. The van der Waals surface area contributed by atoms with Crippen LogP contribution in [0, 0.1) is 0 Å². The first-order chi connectivity index (χ1) is 12.7. The molecule has 9 nitrogen and oxygen atoms in total. The smallest absolute Gasteiger partial charge is 0.279 e. The van der Waals surface area contributed by atoms with E-state index in [0.717, 1.165) is 0 Å². The summed E-state index contributed by atoms with van der Waals surface area (Å²) in [4.78, 5) is 35.1. The number of nitrogens with one attached hydrogen (secondary N) is 4. The highest BCUT2D eigenvalue weighted by Crippen LogP contribution is 2.14. The van der Waals surface area contributed by atoms with Crippen molar-refractivity contribution in [1.82, 2.24) is 15.6 Å². The van der Waals surface area contributed by atoms with Gasteiger partial charge >= 0.3 is 0 Å². The number of anilines is 1. The van der Waals surface area contributed by atoms with Crippen LogP contribution in [0.15, 0.2) is 46.7 Å². The molecule has 0 unspecified atom stereocenters. The van der Waals surface area contributed by atoms with Crippen LogP contribution in [0.3, 0.4) is 0 Å². The van der Waals surface area contributed by atoms with Crippen LogP contribution < -0.4 is 20.9 Å². The second-order valence-corrected chi connectivity index (χ2v) is 8.13. The summed E-state index contributed by atoms with van der Waals surface area (Å²) in [7, 11) is -3.97. The van der Waals surface area contributed by atoms with Crippen molar-refractivity contribution in [3.63, 3.8) is 0 Å². The van der Waals surface area contributed by atoms with Gasteiger partial charge in [-0.15, -0.1) is 11.3 Å². The summed E-state index contributed by atoms with van der Waals surface area (Å²) >= 11 is 1.20. The van der Waals surface area contributed by atoms with Crippen molar-refractivity contribution in [3.8, 4) is 0 Å². The van der Waals surface area contributed by atoms with E-state index in [1.54, 1.807) is 17.5 Å². The van der Waals surface area contributed by atoms with Crippen molar-refractivity contribution in [2.45, 2.75) is 24.8 Å². The molecule has 0 saturated carbocycles. The minimum atomic E-state index is -3.97. The highest BCUT2D eigenvalue weighted by molar-refractivity contribution is 7.89. The molecule has 1 aromatic carbocycles. The topological polar surface area (TPSA) is 133 Å². The highest BCUT2D eigenvalue weighted by atomic mass is 32.2. The molecule has 0 radical (unpaired) electrons. The molecule has 0 aliphatic heterocycles. The van der Waals surface area contributed by atoms with Gasteiger partial charge in [0.2, 0.25) is 15.9 Å². The monoisotopic (exact) mass is 410 g/mol. The largest absolute Gasteiger partial charge is 0.326 e. The van der Waals surface area contributed by atoms with Gasteiger partial charge in [0.1, 0.15) is 0 Å². The molecule has 0 aliphatic carbocycles. The molecule has 144 valence electrons. The molecule has 0 fully saturated rings. The Morgan fingerprint density at radius 2 is 1.70 bits per heavy atom. The molecule has 1 atom stereocenters. The lowest BCUT2D eigenvalue weighted by Crippen LogP contribution is -2.50. The Balaban J connectivity index is 1.94. The molecule has 0 spiro atoms. The maximum absolute atomic E-state index is 12.3. The maximum Gasteiger partial charge on any atom is 0.279 e. The van der Waals surface area contributed by atoms with Gasteiger partial charge in [0.25, 0.3) is 11.8 Å². The zero-order valence-electron chi connectivity index (χ0n) is 14.5. The highest BCUT2D eigenvalue weighted by Gasteiger charge is 2.22. The second-order valence-electron chi connectivity index (χ2n) is 5.47. The minimum absolute atomic E-state index is 0.0705. The summed E-state index contributed by atoms with van der Waals surface area (Å²) in [5.74, 6) is -1.50. The molecule has 3 amide bonds. The quantitative estimate of drug-likeness (QED) is 0.524. The summed E-state index contributed by atoms with van der Waals surface area (Å²) in [6.07, 6.45) is 0. The number of hydrazine groups is 1. The van der Waals surface area contributed by atoms with Crippen LogP contribution in [-0.4, -0.2) is 32.2 Å². The van der Waals surface area contributed by atoms with Crippen molar-refractivity contribution in [1.29, 1.82) is 0 Å². The van der Waals surface area contributed by atoms with E-state index in [-0.39, 0.29) is 10.8 Å². The average Bonchev–Trinajstić information content (AvgIpc) is 3.13. The summed E-state index contributed by atoms with van der Waals surface area (Å²) in [5.41, 5.74) is 4.83. The van der Waals surface area contributed by atoms with E-state index in [1.165, 1.54) is 49.4 Å². The van der Waals surface area contributed by atoms with Crippen molar-refractivity contribution in [3.05, 3.63) is 46.7 Å². The first kappa shape index (κ1) is 20.6. The number of benzene rings is 1. The van der Waals surface area contributed by atoms with Gasteiger partial charge in [0.05, 0.1) is 15.8 Å². The number of carbonyl (C=O) groups excluding carboxylic acids is 3. The summed E-state index contributed by atoms with van der Waals surface area (Å²) in [5, 5.41) is 4.24. The third kappa shape index (κ3) is 5.88. The molecule has 27 heavy (non-hydrogen) atoms. The lowest BCUT2D eigenvalue weighted by Gasteiger charge is -2.15. The van der Waals surface area contributed by atoms with Gasteiger partial charge in [0, 0.05) is 12.6 Å². The molecular formula is C16H18N4O5S2. The van der Waals surface area contributed by atoms with E-state index >= 15 is 0 Å². The van der Waals surface area contributed by atoms with E-state index < -0.39 is 27.9 Å². The number of thiophene rings is 1. The number of hydrogen-bond acceptors (Lipinski definition) is 6. The van der Waals surface area contributed by atoms with E-state index in [4.69, 9.17) is 0 Å². The van der Waals surface area contributed by atoms with Crippen molar-refractivity contribution in [2.75, 3.05) is 5.32 Å². The number of hydrogen-bond donors (Lipinski definition) is 4. The van der Waals surface area contributed by atoms with Gasteiger partial charge in [-0.05, 0) is 42.6 Å². The SMILES string of the molecule is CC(=O)Nc1ccc(S(=O)(=O)N[C@H](C)C(=O)NNC(=O)c2cccs2)cc1. The van der Waals surface area contributed by atoms with E-state index in [9.17, 15) is 22.8 Å². The third-order valence-electron chi connectivity index (χ3n) is 3.25. The van der Waals surface area contributed by atoms with Gasteiger partial charge in [0.15, 0.2) is 0 Å². The average molecular weight is 410 g/mol. The molecule has 1 aromatic heterocycles. The van der Waals surface area contributed by atoms with Crippen LogP contribution in [0.2, 0.25) is 0 Å². The van der Waals surface area contributed by atoms with Crippen LogP contribution >= 0.6 is 11.3 Å². The van der Waals surface area contributed by atoms with Crippen molar-refractivity contribution >= 4 is 44.8 Å². The normalized spacial score (nSPS) is 12.1. The number of sulfonamides is 1.